The first-order valence-corrected chi connectivity index (χ1v) is 7.54. The first-order valence-electron chi connectivity index (χ1n) is 7.54. The normalized spacial score (nSPS) is 20.3. The van der Waals surface area contributed by atoms with E-state index in [1.807, 2.05) is 18.3 Å². The highest BCUT2D eigenvalue weighted by molar-refractivity contribution is 6.01. The highest BCUT2D eigenvalue weighted by atomic mass is 16.1. The summed E-state index contributed by atoms with van der Waals surface area (Å²) in [6, 6.07) is 4.01. The Morgan fingerprint density at radius 3 is 2.91 bits per heavy atom. The Morgan fingerprint density at radius 2 is 2.17 bits per heavy atom. The largest absolute Gasteiger partial charge is 0.380 e. The third kappa shape index (κ3) is 3.03. The maximum Gasteiger partial charge on any atom is 0.252 e. The van der Waals surface area contributed by atoms with E-state index in [4.69, 9.17) is 5.73 Å². The maximum atomic E-state index is 11.7. The second-order valence-corrected chi connectivity index (χ2v) is 5.70. The molecule has 1 saturated carbocycles. The van der Waals surface area contributed by atoms with Crippen LogP contribution in [0.5, 0.6) is 0 Å². The smallest absolute Gasteiger partial charge is 0.252 e. The molecule has 0 aromatic carbocycles. The first-order chi connectivity index (χ1) is 11.1. The number of nitrogens with two attached hydrogens (primary N) is 1. The molecule has 2 aromatic heterocycles. The highest BCUT2D eigenvalue weighted by Gasteiger charge is 2.27. The fourth-order valence-corrected chi connectivity index (χ4v) is 3.04. The van der Waals surface area contributed by atoms with E-state index in [0.717, 1.165) is 24.8 Å². The monoisotopic (exact) mass is 313 g/mol. The fourth-order valence-electron chi connectivity index (χ4n) is 3.04. The molecular formula is C16H19N5O2. The number of amides is 2. The van der Waals surface area contributed by atoms with E-state index in [0.29, 0.717) is 11.3 Å². The van der Waals surface area contributed by atoms with Gasteiger partial charge in [-0.05, 0) is 37.5 Å². The van der Waals surface area contributed by atoms with Crippen LogP contribution in [0.15, 0.2) is 37.2 Å². The second-order valence-electron chi connectivity index (χ2n) is 5.70. The van der Waals surface area contributed by atoms with E-state index < -0.39 is 5.91 Å². The predicted molar refractivity (Wildman–Crippen MR) is 87.1 cm³/mol. The zero-order chi connectivity index (χ0) is 16.4. The van der Waals surface area contributed by atoms with Crippen LogP contribution in [0.2, 0.25) is 0 Å². The van der Waals surface area contributed by atoms with Crippen LogP contribution in [0.1, 0.15) is 29.6 Å². The Bertz CT molecular complexity index is 767. The van der Waals surface area contributed by atoms with Gasteiger partial charge in [0.05, 0.1) is 23.0 Å². The SMILES string of the molecule is C=CC(=O)NC1CCC(Nc2c(C(N)=O)cnn3cccc23)C1. The number of carbonyl (C=O) groups is 2. The van der Waals surface area contributed by atoms with Crippen molar-refractivity contribution >= 4 is 23.0 Å². The Balaban J connectivity index is 1.80. The van der Waals surface area contributed by atoms with Gasteiger partial charge in [0, 0.05) is 18.3 Å². The molecule has 0 spiro atoms. The lowest BCUT2D eigenvalue weighted by atomic mass is 10.1. The van der Waals surface area contributed by atoms with Crippen LogP contribution in [-0.4, -0.2) is 33.5 Å². The van der Waals surface area contributed by atoms with Gasteiger partial charge in [-0.15, -0.1) is 0 Å². The lowest BCUT2D eigenvalue weighted by Crippen LogP contribution is -2.32. The summed E-state index contributed by atoms with van der Waals surface area (Å²) < 4.78 is 1.70. The molecule has 1 aliphatic carbocycles. The van der Waals surface area contributed by atoms with Crippen molar-refractivity contribution in [2.24, 2.45) is 5.73 Å². The molecule has 1 aliphatic rings. The van der Waals surface area contributed by atoms with Crippen molar-refractivity contribution in [2.75, 3.05) is 5.32 Å². The molecule has 7 nitrogen and oxygen atoms in total. The number of aromatic nitrogens is 2. The Labute approximate surface area is 133 Å². The number of hydrogen-bond acceptors (Lipinski definition) is 4. The van der Waals surface area contributed by atoms with E-state index in [1.165, 1.54) is 12.3 Å². The molecule has 0 aliphatic heterocycles. The van der Waals surface area contributed by atoms with Gasteiger partial charge in [0.2, 0.25) is 5.91 Å². The standard InChI is InChI=1S/C16H19N5O2/c1-2-14(22)19-10-5-6-11(8-10)20-15-12(16(17)23)9-18-21-7-3-4-13(15)21/h2-4,7,9-11,20H,1,5-6,8H2,(H2,17,23)(H,19,22). The van der Waals surface area contributed by atoms with Crippen molar-refractivity contribution in [1.82, 2.24) is 14.9 Å². The lowest BCUT2D eigenvalue weighted by Gasteiger charge is -2.18. The van der Waals surface area contributed by atoms with Crippen LogP contribution in [-0.2, 0) is 4.79 Å². The molecule has 2 aromatic rings. The quantitative estimate of drug-likeness (QED) is 0.719. The van der Waals surface area contributed by atoms with Crippen LogP contribution >= 0.6 is 0 Å². The predicted octanol–water partition coefficient (Wildman–Crippen LogP) is 1.07. The van der Waals surface area contributed by atoms with Gasteiger partial charge in [0.25, 0.3) is 5.91 Å². The second kappa shape index (κ2) is 6.12. The third-order valence-electron chi connectivity index (χ3n) is 4.14. The number of carbonyl (C=O) groups excluding carboxylic acids is 2. The van der Waals surface area contributed by atoms with Gasteiger partial charge in [-0.3, -0.25) is 9.59 Å². The number of fused-ring (bicyclic) bond motifs is 1. The number of rotatable bonds is 5. The minimum absolute atomic E-state index is 0.111. The zero-order valence-corrected chi connectivity index (χ0v) is 12.7. The number of hydrogen-bond donors (Lipinski definition) is 3. The average molecular weight is 313 g/mol. The molecule has 1 fully saturated rings. The Morgan fingerprint density at radius 1 is 1.39 bits per heavy atom. The number of nitrogens with zero attached hydrogens (tertiary/aromatic N) is 2. The summed E-state index contributed by atoms with van der Waals surface area (Å²) >= 11 is 0. The van der Waals surface area contributed by atoms with Gasteiger partial charge in [0.1, 0.15) is 0 Å². The number of anilines is 1. The minimum atomic E-state index is -0.516. The summed E-state index contributed by atoms with van der Waals surface area (Å²) in [6.45, 7) is 3.46. The number of primary amides is 1. The van der Waals surface area contributed by atoms with E-state index in [9.17, 15) is 9.59 Å². The molecule has 7 heteroatoms. The molecular weight excluding hydrogens is 294 g/mol. The summed E-state index contributed by atoms with van der Waals surface area (Å²) in [5.41, 5.74) is 7.33. The van der Waals surface area contributed by atoms with E-state index in [2.05, 4.69) is 22.3 Å². The molecule has 3 rings (SSSR count). The fraction of sp³-hybridized carbons (Fsp3) is 0.312. The van der Waals surface area contributed by atoms with Gasteiger partial charge < -0.3 is 16.4 Å². The number of nitrogens with one attached hydrogen (secondary N) is 2. The van der Waals surface area contributed by atoms with Gasteiger partial charge >= 0.3 is 0 Å². The van der Waals surface area contributed by atoms with Crippen molar-refractivity contribution in [3.05, 3.63) is 42.7 Å². The van der Waals surface area contributed by atoms with Gasteiger partial charge in [-0.25, -0.2) is 4.52 Å². The minimum Gasteiger partial charge on any atom is -0.380 e. The Hall–Kier alpha value is -2.83. The van der Waals surface area contributed by atoms with Crippen LogP contribution in [0.3, 0.4) is 0 Å². The van der Waals surface area contributed by atoms with Crippen LogP contribution in [0.25, 0.3) is 5.52 Å². The van der Waals surface area contributed by atoms with Crippen molar-refractivity contribution in [3.63, 3.8) is 0 Å². The molecule has 2 amide bonds. The van der Waals surface area contributed by atoms with Gasteiger partial charge in [-0.2, -0.15) is 5.10 Å². The van der Waals surface area contributed by atoms with Crippen LogP contribution in [0, 0.1) is 0 Å². The van der Waals surface area contributed by atoms with Gasteiger partial charge in [-0.1, -0.05) is 6.58 Å². The molecule has 2 atom stereocenters. The molecule has 2 heterocycles. The molecule has 0 radical (unpaired) electrons. The van der Waals surface area contributed by atoms with Crippen molar-refractivity contribution < 1.29 is 9.59 Å². The average Bonchev–Trinajstić information content (AvgIpc) is 3.16. The molecule has 0 bridgehead atoms. The van der Waals surface area contributed by atoms with E-state index >= 15 is 0 Å². The summed E-state index contributed by atoms with van der Waals surface area (Å²) in [6.07, 6.45) is 7.13. The van der Waals surface area contributed by atoms with Crippen molar-refractivity contribution in [1.29, 1.82) is 0 Å². The van der Waals surface area contributed by atoms with Crippen LogP contribution in [0.4, 0.5) is 5.69 Å². The summed E-state index contributed by atoms with van der Waals surface area (Å²) in [7, 11) is 0. The topological polar surface area (TPSA) is 102 Å². The highest BCUT2D eigenvalue weighted by Crippen LogP contribution is 2.28. The lowest BCUT2D eigenvalue weighted by molar-refractivity contribution is -0.117. The molecule has 120 valence electrons. The summed E-state index contributed by atoms with van der Waals surface area (Å²) in [5.74, 6) is -0.676. The summed E-state index contributed by atoms with van der Waals surface area (Å²) in [5, 5.41) is 10.5. The third-order valence-corrected chi connectivity index (χ3v) is 4.14. The Kier molecular flexibility index (Phi) is 4.01. The van der Waals surface area contributed by atoms with Crippen LogP contribution < -0.4 is 16.4 Å². The first kappa shape index (κ1) is 15.1. The molecule has 23 heavy (non-hydrogen) atoms. The molecule has 4 N–H and O–H groups in total. The summed E-state index contributed by atoms with van der Waals surface area (Å²) in [4.78, 5) is 23.1. The van der Waals surface area contributed by atoms with Crippen molar-refractivity contribution in [3.8, 4) is 0 Å². The van der Waals surface area contributed by atoms with E-state index in [1.54, 1.807) is 4.52 Å². The van der Waals surface area contributed by atoms with Crippen molar-refractivity contribution in [2.45, 2.75) is 31.3 Å². The molecule has 0 saturated heterocycles. The molecule has 2 unspecified atom stereocenters. The van der Waals surface area contributed by atoms with Gasteiger partial charge in [0.15, 0.2) is 0 Å². The maximum absolute atomic E-state index is 11.7. The van der Waals surface area contributed by atoms with E-state index in [-0.39, 0.29) is 18.0 Å². The zero-order valence-electron chi connectivity index (χ0n) is 12.7.